The average Bonchev–Trinajstić information content (AvgIpc) is 1.53. The number of fused-ring (bicyclic) bond motifs is 10. The van der Waals surface area contributed by atoms with Crippen molar-refractivity contribution in [2.45, 2.75) is 0 Å². The molecule has 4 heteroatoms. The van der Waals surface area contributed by atoms with E-state index in [1.165, 1.54) is 154 Å². The lowest BCUT2D eigenvalue weighted by molar-refractivity contribution is 1.19. The number of rotatable bonds is 13. The summed E-state index contributed by atoms with van der Waals surface area (Å²) in [7, 11) is 0. The molecule has 18 aromatic carbocycles. The maximum absolute atomic E-state index is 5.16. The van der Waals surface area contributed by atoms with E-state index in [4.69, 9.17) is 4.98 Å². The molecule has 0 fully saturated rings. The molecule has 2 aromatic heterocycles. The largest absolute Gasteiger partial charge is 0.308 e. The van der Waals surface area contributed by atoms with Crippen molar-refractivity contribution < 1.29 is 0 Å². The fourth-order valence-electron chi connectivity index (χ4n) is 18.4. The van der Waals surface area contributed by atoms with Gasteiger partial charge in [-0.15, -0.1) is 0 Å². The Morgan fingerprint density at radius 3 is 1.13 bits per heavy atom. The van der Waals surface area contributed by atoms with Crippen LogP contribution in [0.3, 0.4) is 0 Å². The van der Waals surface area contributed by atoms with Crippen molar-refractivity contribution in [2.75, 3.05) is 9.80 Å². The van der Waals surface area contributed by atoms with Crippen LogP contribution in [0.2, 0.25) is 0 Å². The summed E-state index contributed by atoms with van der Waals surface area (Å²) in [5.74, 6) is 0.827. The van der Waals surface area contributed by atoms with Gasteiger partial charge in [0.05, 0.1) is 23.3 Å². The van der Waals surface area contributed by atoms with E-state index in [1.54, 1.807) is 0 Å². The second kappa shape index (κ2) is 25.6. The van der Waals surface area contributed by atoms with E-state index in [1.807, 2.05) is 30.7 Å². The summed E-state index contributed by atoms with van der Waals surface area (Å²) in [6, 6.07) is 141. The zero-order chi connectivity index (χ0) is 72.3. The van der Waals surface area contributed by atoms with Crippen LogP contribution >= 0.6 is 0 Å². The topological polar surface area (TPSA) is 32.3 Å². The van der Waals surface area contributed by atoms with Gasteiger partial charge in [-0.05, 0) is 249 Å². The normalized spacial score (nSPS) is 11.8. The molecule has 0 atom stereocenters. The molecule has 4 nitrogen and oxygen atoms in total. The first kappa shape index (κ1) is 62.8. The lowest BCUT2D eigenvalue weighted by atomic mass is 9.81. The molecule has 110 heavy (non-hydrogen) atoms. The second-order valence-electron chi connectivity index (χ2n) is 28.9. The third-order valence-electron chi connectivity index (χ3n) is 23.0. The maximum atomic E-state index is 5.16. The van der Waals surface area contributed by atoms with Crippen LogP contribution in [-0.4, -0.2) is 9.97 Å². The summed E-state index contributed by atoms with van der Waals surface area (Å²) in [5.41, 5.74) is 32.0. The number of benzene rings is 18. The van der Waals surface area contributed by atoms with Crippen molar-refractivity contribution in [1.82, 2.24) is 9.97 Å². The standard InChI is InChI=1S/C106H66N4/c1-5-26-70(27-6-1)97-86-39-17-18-40-87(86)98(71-28-7-2-8-29-71)105-91-59-57-81(84-41-22-43-89(101(84)91)103(97)105)69-49-54-78(55-50-69)110(96-46-19-20-62-108-96)95-65-76(63-75-34-14-16-38-83(75)95)74-51-56-88-93(64-74)100(73-32-11-4-12-33-73)104-90-44-23-42-85-80(58-60-92(102(85)90)106(104)99(88)72-30-9-3-10-31-72)68-47-52-77(53-48-68)109(79-36-24-61-107-66-79)94-45-21-35-67-25-13-15-37-82(67)94/h1-66H. The van der Waals surface area contributed by atoms with Gasteiger partial charge in [-0.25, -0.2) is 4.98 Å². The minimum atomic E-state index is 0.827. The van der Waals surface area contributed by atoms with Crippen LogP contribution in [0.15, 0.2) is 401 Å². The van der Waals surface area contributed by atoms with E-state index in [0.29, 0.717) is 0 Å². The quantitative estimate of drug-likeness (QED) is 0.115. The van der Waals surface area contributed by atoms with Crippen molar-refractivity contribution in [2.24, 2.45) is 0 Å². The Bertz CT molecular complexity index is 6990. The summed E-state index contributed by atoms with van der Waals surface area (Å²) >= 11 is 0. The summed E-state index contributed by atoms with van der Waals surface area (Å²) in [6.07, 6.45) is 5.69. The number of hydrogen-bond donors (Lipinski definition) is 0. The third-order valence-corrected chi connectivity index (χ3v) is 23.0. The molecule has 0 bridgehead atoms. The molecule has 0 N–H and O–H groups in total. The minimum absolute atomic E-state index is 0.827. The molecular formula is C106H66N4. The highest BCUT2D eigenvalue weighted by atomic mass is 15.2. The predicted octanol–water partition coefficient (Wildman–Crippen LogP) is 29.3. The van der Waals surface area contributed by atoms with Crippen LogP contribution in [0.25, 0.3) is 187 Å². The molecule has 2 heterocycles. The number of pyridine rings is 2. The fraction of sp³-hybridized carbons (Fsp3) is 0. The minimum Gasteiger partial charge on any atom is -0.308 e. The van der Waals surface area contributed by atoms with Gasteiger partial charge in [0, 0.05) is 34.5 Å². The molecule has 0 saturated heterocycles. The van der Waals surface area contributed by atoms with Crippen LogP contribution in [0, 0.1) is 0 Å². The van der Waals surface area contributed by atoms with Gasteiger partial charge in [0.2, 0.25) is 0 Å². The second-order valence-corrected chi connectivity index (χ2v) is 28.9. The Hall–Kier alpha value is -14.6. The van der Waals surface area contributed by atoms with E-state index >= 15 is 0 Å². The molecule has 0 unspecified atom stereocenters. The van der Waals surface area contributed by atoms with Crippen LogP contribution in [0.5, 0.6) is 0 Å². The SMILES string of the molecule is c1ccc(-c2c3c(c(-c4ccccc4)c4ccccc24)-c2ccc(-c4ccc(N(c5ccccn5)c5cc(-c6ccc7c(-c8ccccc8)c8c(c(-c9ccccc9)c7c6)-c6cccc7c(-c9ccc(N(c%10cccnc%10)c%10cccc%11ccccc%10%11)cc9)ccc-8c67)cc6ccccc56)cc4)c4cccc-3c24)cc1. The number of nitrogens with zero attached hydrogens (tertiary/aromatic N) is 4. The van der Waals surface area contributed by atoms with Crippen molar-refractivity contribution >= 4 is 98.9 Å². The summed E-state index contributed by atoms with van der Waals surface area (Å²) < 4.78 is 0. The molecule has 2 aliphatic carbocycles. The van der Waals surface area contributed by atoms with Crippen LogP contribution in [-0.2, 0) is 0 Å². The first-order chi connectivity index (χ1) is 54.6. The molecule has 0 saturated carbocycles. The molecule has 0 spiro atoms. The van der Waals surface area contributed by atoms with E-state index in [0.717, 1.165) is 67.3 Å². The Labute approximate surface area is 637 Å². The van der Waals surface area contributed by atoms with Crippen molar-refractivity contribution in [1.29, 1.82) is 0 Å². The molecule has 2 aliphatic rings. The monoisotopic (exact) mass is 1390 g/mol. The van der Waals surface area contributed by atoms with Gasteiger partial charge >= 0.3 is 0 Å². The molecule has 22 rings (SSSR count). The lowest BCUT2D eigenvalue weighted by Gasteiger charge is -2.27. The fourth-order valence-corrected chi connectivity index (χ4v) is 18.4. The smallest absolute Gasteiger partial charge is 0.137 e. The van der Waals surface area contributed by atoms with Crippen LogP contribution in [0.1, 0.15) is 0 Å². The van der Waals surface area contributed by atoms with Crippen molar-refractivity contribution in [3.8, 4) is 122 Å². The van der Waals surface area contributed by atoms with Gasteiger partial charge in [-0.3, -0.25) is 9.88 Å². The van der Waals surface area contributed by atoms with Gasteiger partial charge in [-0.1, -0.05) is 309 Å². The molecule has 510 valence electrons. The first-order valence-electron chi connectivity index (χ1n) is 37.8. The Balaban J connectivity index is 0.683. The highest BCUT2D eigenvalue weighted by Crippen LogP contribution is 2.61. The number of anilines is 6. The zero-order valence-corrected chi connectivity index (χ0v) is 59.9. The average molecular weight is 1400 g/mol. The highest BCUT2D eigenvalue weighted by molar-refractivity contribution is 6.31. The lowest BCUT2D eigenvalue weighted by Crippen LogP contribution is -2.12. The summed E-state index contributed by atoms with van der Waals surface area (Å²) in [6.45, 7) is 0. The van der Waals surface area contributed by atoms with Crippen LogP contribution in [0.4, 0.5) is 34.3 Å². The van der Waals surface area contributed by atoms with E-state index in [2.05, 4.69) is 385 Å². The maximum Gasteiger partial charge on any atom is 0.137 e. The van der Waals surface area contributed by atoms with E-state index in [9.17, 15) is 0 Å². The molecule has 0 radical (unpaired) electrons. The summed E-state index contributed by atoms with van der Waals surface area (Å²) in [5, 5.41) is 14.5. The van der Waals surface area contributed by atoms with Gasteiger partial charge in [0.15, 0.2) is 0 Å². The predicted molar refractivity (Wildman–Crippen MR) is 463 cm³/mol. The highest BCUT2D eigenvalue weighted by Gasteiger charge is 2.34. The number of hydrogen-bond acceptors (Lipinski definition) is 4. The zero-order valence-electron chi connectivity index (χ0n) is 59.9. The third kappa shape index (κ3) is 9.93. The number of aromatic nitrogens is 2. The van der Waals surface area contributed by atoms with E-state index < -0.39 is 0 Å². The molecular weight excluding hydrogens is 1330 g/mol. The Morgan fingerprint density at radius 1 is 0.191 bits per heavy atom. The van der Waals surface area contributed by atoms with E-state index in [-0.39, 0.29) is 0 Å². The van der Waals surface area contributed by atoms with Gasteiger partial charge in [0.1, 0.15) is 5.82 Å². The molecule has 0 aliphatic heterocycles. The summed E-state index contributed by atoms with van der Waals surface area (Å²) in [4.78, 5) is 14.4. The van der Waals surface area contributed by atoms with Gasteiger partial charge in [-0.2, -0.15) is 0 Å². The van der Waals surface area contributed by atoms with Gasteiger partial charge < -0.3 is 4.90 Å². The van der Waals surface area contributed by atoms with Gasteiger partial charge in [0.25, 0.3) is 0 Å². The first-order valence-corrected chi connectivity index (χ1v) is 37.8. The molecule has 0 amide bonds. The van der Waals surface area contributed by atoms with Crippen molar-refractivity contribution in [3.63, 3.8) is 0 Å². The Morgan fingerprint density at radius 2 is 0.609 bits per heavy atom. The Kier molecular flexibility index (Phi) is 14.6. The van der Waals surface area contributed by atoms with Crippen LogP contribution < -0.4 is 9.80 Å². The molecule has 20 aromatic rings. The van der Waals surface area contributed by atoms with Crippen molar-refractivity contribution in [3.05, 3.63) is 401 Å².